The summed E-state index contributed by atoms with van der Waals surface area (Å²) in [6.45, 7) is 0.904. The first-order valence-corrected chi connectivity index (χ1v) is 9.84. The van der Waals surface area contributed by atoms with Crippen molar-refractivity contribution in [1.29, 1.82) is 0 Å². The standard InChI is InChI=1S/C22H26ClNO4/c1-26-13-14-28-20-10-7-17(15-19(20)23)24-21(25)22(11-3-4-12-22)16-5-8-18(27-2)9-6-16/h5-10,15H,3-4,11-14H2,1-2H3,(H,24,25). The highest BCUT2D eigenvalue weighted by molar-refractivity contribution is 6.32. The van der Waals surface area contributed by atoms with E-state index in [4.69, 9.17) is 25.8 Å². The van der Waals surface area contributed by atoms with Crippen LogP contribution in [0.4, 0.5) is 5.69 Å². The Labute approximate surface area is 170 Å². The number of halogens is 1. The molecule has 0 radical (unpaired) electrons. The summed E-state index contributed by atoms with van der Waals surface area (Å²) in [5, 5.41) is 3.51. The molecule has 1 amide bonds. The molecule has 0 heterocycles. The zero-order valence-electron chi connectivity index (χ0n) is 16.3. The maximum atomic E-state index is 13.3. The van der Waals surface area contributed by atoms with Gasteiger partial charge in [-0.1, -0.05) is 36.6 Å². The lowest BCUT2D eigenvalue weighted by atomic mass is 9.78. The molecule has 0 atom stereocenters. The minimum Gasteiger partial charge on any atom is -0.497 e. The minimum absolute atomic E-state index is 0.000662. The van der Waals surface area contributed by atoms with Crippen LogP contribution in [0.2, 0.25) is 5.02 Å². The Morgan fingerprint density at radius 3 is 2.39 bits per heavy atom. The molecule has 0 spiro atoms. The van der Waals surface area contributed by atoms with E-state index in [0.717, 1.165) is 37.0 Å². The van der Waals surface area contributed by atoms with E-state index in [1.54, 1.807) is 26.4 Å². The van der Waals surface area contributed by atoms with Crippen molar-refractivity contribution in [2.45, 2.75) is 31.1 Å². The summed E-state index contributed by atoms with van der Waals surface area (Å²) in [4.78, 5) is 13.3. The summed E-state index contributed by atoms with van der Waals surface area (Å²) < 4.78 is 15.8. The lowest BCUT2D eigenvalue weighted by molar-refractivity contribution is -0.121. The fourth-order valence-electron chi connectivity index (χ4n) is 3.72. The number of hydrogen-bond donors (Lipinski definition) is 1. The molecule has 2 aromatic rings. The number of anilines is 1. The SMILES string of the molecule is COCCOc1ccc(NC(=O)C2(c3ccc(OC)cc3)CCCC2)cc1Cl. The number of carbonyl (C=O) groups excluding carboxylic acids is 1. The lowest BCUT2D eigenvalue weighted by Gasteiger charge is -2.28. The van der Waals surface area contributed by atoms with Gasteiger partial charge in [-0.2, -0.15) is 0 Å². The first-order chi connectivity index (χ1) is 13.6. The van der Waals surface area contributed by atoms with Gasteiger partial charge in [0.05, 0.1) is 24.2 Å². The van der Waals surface area contributed by atoms with Crippen molar-refractivity contribution in [2.75, 3.05) is 32.8 Å². The molecule has 28 heavy (non-hydrogen) atoms. The first-order valence-electron chi connectivity index (χ1n) is 9.46. The van der Waals surface area contributed by atoms with Crippen molar-refractivity contribution in [3.63, 3.8) is 0 Å². The van der Waals surface area contributed by atoms with Crippen LogP contribution in [-0.2, 0) is 14.9 Å². The van der Waals surface area contributed by atoms with Crippen LogP contribution in [0.5, 0.6) is 11.5 Å². The molecule has 1 N–H and O–H groups in total. The van der Waals surface area contributed by atoms with Gasteiger partial charge >= 0.3 is 0 Å². The van der Waals surface area contributed by atoms with Crippen LogP contribution in [0.3, 0.4) is 0 Å². The largest absolute Gasteiger partial charge is 0.497 e. The predicted molar refractivity (Wildman–Crippen MR) is 111 cm³/mol. The average Bonchev–Trinajstić information content (AvgIpc) is 3.21. The Bertz CT molecular complexity index is 801. The second-order valence-corrected chi connectivity index (χ2v) is 7.37. The van der Waals surface area contributed by atoms with Crippen LogP contribution < -0.4 is 14.8 Å². The number of ether oxygens (including phenoxy) is 3. The molecule has 1 aliphatic carbocycles. The molecule has 0 aromatic heterocycles. The molecular formula is C22H26ClNO4. The number of amides is 1. The Balaban J connectivity index is 1.76. The second kappa shape index (κ2) is 9.30. The van der Waals surface area contributed by atoms with Crippen LogP contribution >= 0.6 is 11.6 Å². The number of methoxy groups -OCH3 is 2. The van der Waals surface area contributed by atoms with Gasteiger partial charge in [-0.05, 0) is 48.7 Å². The highest BCUT2D eigenvalue weighted by atomic mass is 35.5. The van der Waals surface area contributed by atoms with Gasteiger partial charge in [-0.25, -0.2) is 0 Å². The molecule has 0 bridgehead atoms. The monoisotopic (exact) mass is 403 g/mol. The van der Waals surface area contributed by atoms with Crippen molar-refractivity contribution in [3.8, 4) is 11.5 Å². The van der Waals surface area contributed by atoms with Crippen molar-refractivity contribution in [1.82, 2.24) is 0 Å². The second-order valence-electron chi connectivity index (χ2n) is 6.96. The van der Waals surface area contributed by atoms with Gasteiger partial charge in [0.15, 0.2) is 0 Å². The van der Waals surface area contributed by atoms with E-state index in [0.29, 0.717) is 29.7 Å². The van der Waals surface area contributed by atoms with E-state index in [-0.39, 0.29) is 5.91 Å². The quantitative estimate of drug-likeness (QED) is 0.642. The number of nitrogens with one attached hydrogen (secondary N) is 1. The van der Waals surface area contributed by atoms with E-state index >= 15 is 0 Å². The summed E-state index contributed by atoms with van der Waals surface area (Å²) in [6, 6.07) is 13.1. The van der Waals surface area contributed by atoms with E-state index in [2.05, 4.69) is 5.32 Å². The van der Waals surface area contributed by atoms with E-state index < -0.39 is 5.41 Å². The number of hydrogen-bond acceptors (Lipinski definition) is 4. The van der Waals surface area contributed by atoms with Crippen molar-refractivity contribution in [3.05, 3.63) is 53.1 Å². The smallest absolute Gasteiger partial charge is 0.235 e. The molecule has 0 saturated heterocycles. The van der Waals surface area contributed by atoms with Crippen molar-refractivity contribution in [2.24, 2.45) is 0 Å². The fourth-order valence-corrected chi connectivity index (χ4v) is 3.95. The van der Waals surface area contributed by atoms with Crippen LogP contribution in [0.15, 0.2) is 42.5 Å². The maximum absolute atomic E-state index is 13.3. The molecular weight excluding hydrogens is 378 g/mol. The predicted octanol–water partition coefficient (Wildman–Crippen LogP) is 4.82. The van der Waals surface area contributed by atoms with Crippen LogP contribution in [0.25, 0.3) is 0 Å². The van der Waals surface area contributed by atoms with Crippen molar-refractivity contribution < 1.29 is 19.0 Å². The van der Waals surface area contributed by atoms with Crippen LogP contribution in [-0.4, -0.2) is 33.3 Å². The lowest BCUT2D eigenvalue weighted by Crippen LogP contribution is -2.37. The zero-order valence-corrected chi connectivity index (χ0v) is 17.1. The Kier molecular flexibility index (Phi) is 6.81. The van der Waals surface area contributed by atoms with Gasteiger partial charge in [-0.15, -0.1) is 0 Å². The Morgan fingerprint density at radius 1 is 1.07 bits per heavy atom. The summed E-state index contributed by atoms with van der Waals surface area (Å²) in [7, 11) is 3.25. The molecule has 5 nitrogen and oxygen atoms in total. The maximum Gasteiger partial charge on any atom is 0.235 e. The van der Waals surface area contributed by atoms with E-state index in [1.807, 2.05) is 30.3 Å². The number of carbonyl (C=O) groups is 1. The van der Waals surface area contributed by atoms with Gasteiger partial charge in [0.1, 0.15) is 18.1 Å². The van der Waals surface area contributed by atoms with E-state index in [1.165, 1.54) is 0 Å². The summed E-state index contributed by atoms with van der Waals surface area (Å²) in [5.74, 6) is 1.36. The molecule has 0 aliphatic heterocycles. The average molecular weight is 404 g/mol. The third-order valence-corrected chi connectivity index (χ3v) is 5.56. The Hall–Kier alpha value is -2.24. The molecule has 150 valence electrons. The van der Waals surface area contributed by atoms with E-state index in [9.17, 15) is 4.79 Å². The van der Waals surface area contributed by atoms with Gasteiger partial charge < -0.3 is 19.5 Å². The molecule has 1 saturated carbocycles. The molecule has 6 heteroatoms. The van der Waals surface area contributed by atoms with Gasteiger partial charge in [-0.3, -0.25) is 4.79 Å². The normalized spacial score (nSPS) is 15.2. The van der Waals surface area contributed by atoms with Gasteiger partial charge in [0.2, 0.25) is 5.91 Å². The van der Waals surface area contributed by atoms with Crippen LogP contribution in [0, 0.1) is 0 Å². The summed E-state index contributed by atoms with van der Waals surface area (Å²) in [6.07, 6.45) is 3.73. The minimum atomic E-state index is -0.521. The number of rotatable bonds is 8. The Morgan fingerprint density at radius 2 is 1.79 bits per heavy atom. The number of benzene rings is 2. The highest BCUT2D eigenvalue weighted by Gasteiger charge is 2.42. The summed E-state index contributed by atoms with van der Waals surface area (Å²) >= 11 is 6.31. The fraction of sp³-hybridized carbons (Fsp3) is 0.409. The van der Waals surface area contributed by atoms with Crippen molar-refractivity contribution >= 4 is 23.2 Å². The molecule has 1 fully saturated rings. The third kappa shape index (κ3) is 4.42. The first kappa shape index (κ1) is 20.5. The zero-order chi connectivity index (χ0) is 20.0. The third-order valence-electron chi connectivity index (χ3n) is 5.27. The molecule has 1 aliphatic rings. The topological polar surface area (TPSA) is 56.8 Å². The summed E-state index contributed by atoms with van der Waals surface area (Å²) in [5.41, 5.74) is 1.16. The van der Waals surface area contributed by atoms with Gasteiger partial charge in [0.25, 0.3) is 0 Å². The highest BCUT2D eigenvalue weighted by Crippen LogP contribution is 2.42. The molecule has 3 rings (SSSR count). The van der Waals surface area contributed by atoms with Gasteiger partial charge in [0, 0.05) is 12.8 Å². The molecule has 0 unspecified atom stereocenters. The van der Waals surface area contributed by atoms with Crippen LogP contribution in [0.1, 0.15) is 31.2 Å². The molecule has 2 aromatic carbocycles.